The van der Waals surface area contributed by atoms with Gasteiger partial charge >= 0.3 is 5.97 Å². The molecule has 1 unspecified atom stereocenters. The molecule has 0 aromatic heterocycles. The average Bonchev–Trinajstić information content (AvgIpc) is 2.48. The molecule has 20 heavy (non-hydrogen) atoms. The number of carbonyl (C=O) groups is 1. The SMILES string of the molecule is CCC1COCCN1CCOc1ccc(C(=O)O)cc1. The molecule has 2 rings (SSSR count). The van der Waals surface area contributed by atoms with Crippen molar-refractivity contribution in [1.29, 1.82) is 0 Å². The largest absolute Gasteiger partial charge is 0.492 e. The maximum absolute atomic E-state index is 10.7. The molecule has 0 radical (unpaired) electrons. The van der Waals surface area contributed by atoms with Crippen LogP contribution in [0, 0.1) is 0 Å². The molecule has 1 aliphatic heterocycles. The number of hydrogen-bond donors (Lipinski definition) is 1. The fourth-order valence-corrected chi connectivity index (χ4v) is 2.33. The highest BCUT2D eigenvalue weighted by molar-refractivity contribution is 5.87. The van der Waals surface area contributed by atoms with Crippen molar-refractivity contribution in [3.63, 3.8) is 0 Å². The first-order chi connectivity index (χ1) is 9.70. The lowest BCUT2D eigenvalue weighted by atomic mass is 10.2. The van der Waals surface area contributed by atoms with E-state index in [1.807, 2.05) is 0 Å². The standard InChI is InChI=1S/C15H21NO4/c1-2-13-11-19-9-7-16(13)8-10-20-14-5-3-12(4-6-14)15(17)18/h3-6,13H,2,7-11H2,1H3,(H,17,18). The summed E-state index contributed by atoms with van der Waals surface area (Å²) in [5, 5.41) is 8.82. The summed E-state index contributed by atoms with van der Waals surface area (Å²) < 4.78 is 11.1. The minimum atomic E-state index is -0.921. The average molecular weight is 279 g/mol. The van der Waals surface area contributed by atoms with Crippen molar-refractivity contribution in [1.82, 2.24) is 4.90 Å². The topological polar surface area (TPSA) is 59.0 Å². The zero-order chi connectivity index (χ0) is 14.4. The van der Waals surface area contributed by atoms with E-state index in [-0.39, 0.29) is 5.56 Å². The number of aromatic carboxylic acids is 1. The molecular weight excluding hydrogens is 258 g/mol. The van der Waals surface area contributed by atoms with Crippen molar-refractivity contribution in [2.75, 3.05) is 32.9 Å². The van der Waals surface area contributed by atoms with Crippen LogP contribution in [0.25, 0.3) is 0 Å². The Bertz CT molecular complexity index is 432. The summed E-state index contributed by atoms with van der Waals surface area (Å²) in [5.74, 6) is -0.216. The van der Waals surface area contributed by atoms with Crippen LogP contribution in [-0.4, -0.2) is 54.9 Å². The van der Waals surface area contributed by atoms with E-state index < -0.39 is 5.97 Å². The van der Waals surface area contributed by atoms with Gasteiger partial charge < -0.3 is 14.6 Å². The van der Waals surface area contributed by atoms with E-state index in [4.69, 9.17) is 14.6 Å². The first kappa shape index (κ1) is 14.8. The van der Waals surface area contributed by atoms with E-state index in [9.17, 15) is 4.79 Å². The highest BCUT2D eigenvalue weighted by Gasteiger charge is 2.20. The third kappa shape index (κ3) is 3.95. The van der Waals surface area contributed by atoms with E-state index in [0.29, 0.717) is 18.4 Å². The van der Waals surface area contributed by atoms with Gasteiger partial charge in [-0.15, -0.1) is 0 Å². The van der Waals surface area contributed by atoms with Crippen molar-refractivity contribution in [2.24, 2.45) is 0 Å². The molecule has 0 spiro atoms. The van der Waals surface area contributed by atoms with Gasteiger partial charge in [-0.05, 0) is 30.7 Å². The number of hydrogen-bond acceptors (Lipinski definition) is 4. The Balaban J connectivity index is 1.78. The molecule has 110 valence electrons. The summed E-state index contributed by atoms with van der Waals surface area (Å²) in [6, 6.07) is 6.98. The normalized spacial score (nSPS) is 19.8. The molecule has 1 heterocycles. The van der Waals surface area contributed by atoms with Crippen LogP contribution in [0.4, 0.5) is 0 Å². The van der Waals surface area contributed by atoms with E-state index in [2.05, 4.69) is 11.8 Å². The second-order valence-corrected chi connectivity index (χ2v) is 4.85. The second kappa shape index (κ2) is 7.26. The van der Waals surface area contributed by atoms with E-state index >= 15 is 0 Å². The maximum Gasteiger partial charge on any atom is 0.335 e. The van der Waals surface area contributed by atoms with Gasteiger partial charge in [0.2, 0.25) is 0 Å². The monoisotopic (exact) mass is 279 g/mol. The summed E-state index contributed by atoms with van der Waals surface area (Å²) in [5.41, 5.74) is 0.275. The third-order valence-electron chi connectivity index (χ3n) is 3.57. The van der Waals surface area contributed by atoms with Gasteiger partial charge in [0.05, 0.1) is 18.8 Å². The highest BCUT2D eigenvalue weighted by atomic mass is 16.5. The Morgan fingerprint density at radius 3 is 2.85 bits per heavy atom. The third-order valence-corrected chi connectivity index (χ3v) is 3.57. The lowest BCUT2D eigenvalue weighted by Crippen LogP contribution is -2.46. The van der Waals surface area contributed by atoms with Gasteiger partial charge in [0.15, 0.2) is 0 Å². The molecule has 1 atom stereocenters. The summed E-state index contributed by atoms with van der Waals surface area (Å²) in [6.45, 7) is 6.15. The quantitative estimate of drug-likeness (QED) is 0.861. The zero-order valence-electron chi connectivity index (χ0n) is 11.7. The number of nitrogens with zero attached hydrogens (tertiary/aromatic N) is 1. The van der Waals surface area contributed by atoms with Crippen molar-refractivity contribution in [2.45, 2.75) is 19.4 Å². The van der Waals surface area contributed by atoms with Crippen LogP contribution in [0.5, 0.6) is 5.75 Å². The smallest absolute Gasteiger partial charge is 0.335 e. The van der Waals surface area contributed by atoms with E-state index in [1.165, 1.54) is 0 Å². The van der Waals surface area contributed by atoms with Gasteiger partial charge in [-0.2, -0.15) is 0 Å². The van der Waals surface area contributed by atoms with Crippen LogP contribution < -0.4 is 4.74 Å². The summed E-state index contributed by atoms with van der Waals surface area (Å²) in [4.78, 5) is 13.1. The fraction of sp³-hybridized carbons (Fsp3) is 0.533. The first-order valence-corrected chi connectivity index (χ1v) is 6.98. The number of rotatable bonds is 6. The van der Waals surface area contributed by atoms with Crippen LogP contribution >= 0.6 is 0 Å². The molecule has 0 bridgehead atoms. The molecule has 5 heteroatoms. The Labute approximate surface area is 119 Å². The molecule has 1 aromatic carbocycles. The van der Waals surface area contributed by atoms with Gasteiger partial charge in [-0.3, -0.25) is 4.90 Å². The van der Waals surface area contributed by atoms with Crippen LogP contribution in [0.1, 0.15) is 23.7 Å². The lowest BCUT2D eigenvalue weighted by Gasteiger charge is -2.34. The van der Waals surface area contributed by atoms with Crippen molar-refractivity contribution in [3.8, 4) is 5.75 Å². The van der Waals surface area contributed by atoms with Gasteiger partial charge in [-0.1, -0.05) is 6.92 Å². The molecule has 0 saturated carbocycles. The predicted molar refractivity (Wildman–Crippen MR) is 75.4 cm³/mol. The highest BCUT2D eigenvalue weighted by Crippen LogP contribution is 2.13. The summed E-state index contributed by atoms with van der Waals surface area (Å²) in [7, 11) is 0. The molecule has 1 N–H and O–H groups in total. The maximum atomic E-state index is 10.7. The van der Waals surface area contributed by atoms with Crippen LogP contribution in [0.2, 0.25) is 0 Å². The second-order valence-electron chi connectivity index (χ2n) is 4.85. The van der Waals surface area contributed by atoms with Gasteiger partial charge in [0.1, 0.15) is 12.4 Å². The fourth-order valence-electron chi connectivity index (χ4n) is 2.33. The van der Waals surface area contributed by atoms with Gasteiger partial charge in [0.25, 0.3) is 0 Å². The minimum absolute atomic E-state index is 0.275. The number of carboxylic acids is 1. The van der Waals surface area contributed by atoms with Crippen molar-refractivity contribution >= 4 is 5.97 Å². The van der Waals surface area contributed by atoms with Crippen molar-refractivity contribution < 1.29 is 19.4 Å². The van der Waals surface area contributed by atoms with E-state index in [1.54, 1.807) is 24.3 Å². The lowest BCUT2D eigenvalue weighted by molar-refractivity contribution is -0.0132. The van der Waals surface area contributed by atoms with Crippen molar-refractivity contribution in [3.05, 3.63) is 29.8 Å². The molecule has 1 aliphatic rings. The van der Waals surface area contributed by atoms with Crippen LogP contribution in [0.15, 0.2) is 24.3 Å². The number of morpholine rings is 1. The molecule has 1 saturated heterocycles. The zero-order valence-corrected chi connectivity index (χ0v) is 11.7. The molecule has 1 aromatic rings. The summed E-state index contributed by atoms with van der Waals surface area (Å²) in [6.07, 6.45) is 1.08. The Kier molecular flexibility index (Phi) is 5.38. The molecular formula is C15H21NO4. The van der Waals surface area contributed by atoms with E-state index in [0.717, 1.165) is 32.7 Å². The minimum Gasteiger partial charge on any atom is -0.492 e. The van der Waals surface area contributed by atoms with Gasteiger partial charge in [0, 0.05) is 19.1 Å². The van der Waals surface area contributed by atoms with Crippen LogP contribution in [0.3, 0.4) is 0 Å². The number of ether oxygens (including phenoxy) is 2. The number of carboxylic acid groups (broad SMARTS) is 1. The number of benzene rings is 1. The molecule has 1 fully saturated rings. The first-order valence-electron chi connectivity index (χ1n) is 6.98. The Morgan fingerprint density at radius 1 is 1.45 bits per heavy atom. The molecule has 0 amide bonds. The van der Waals surface area contributed by atoms with Crippen LogP contribution in [-0.2, 0) is 4.74 Å². The molecule has 5 nitrogen and oxygen atoms in total. The predicted octanol–water partition coefficient (Wildman–Crippen LogP) is 1.87. The summed E-state index contributed by atoms with van der Waals surface area (Å²) >= 11 is 0. The Morgan fingerprint density at radius 2 is 2.20 bits per heavy atom. The Hall–Kier alpha value is -1.59. The molecule has 0 aliphatic carbocycles. The van der Waals surface area contributed by atoms with Gasteiger partial charge in [-0.25, -0.2) is 4.79 Å².